The molecule has 0 saturated carbocycles. The molecule has 1 N–H and O–H groups in total. The molecular formula is C12H15NO2. The van der Waals surface area contributed by atoms with Crippen LogP contribution < -0.4 is 5.32 Å². The van der Waals surface area contributed by atoms with E-state index in [4.69, 9.17) is 4.74 Å². The van der Waals surface area contributed by atoms with E-state index in [-0.39, 0.29) is 18.6 Å². The summed E-state index contributed by atoms with van der Waals surface area (Å²) >= 11 is 0. The molecule has 0 aliphatic carbocycles. The molecule has 80 valence electrons. The third kappa shape index (κ3) is 2.80. The molecule has 1 aromatic rings. The summed E-state index contributed by atoms with van der Waals surface area (Å²) in [6, 6.07) is 8.44. The van der Waals surface area contributed by atoms with E-state index in [1.165, 1.54) is 11.1 Å². The molecule has 0 bridgehead atoms. The normalized spacial score (nSPS) is 21.1. The van der Waals surface area contributed by atoms with Crippen molar-refractivity contribution in [3.8, 4) is 0 Å². The Labute approximate surface area is 89.4 Å². The number of amides is 1. The Bertz CT molecular complexity index is 362. The van der Waals surface area contributed by atoms with Gasteiger partial charge in [-0.25, -0.2) is 0 Å². The van der Waals surface area contributed by atoms with Gasteiger partial charge >= 0.3 is 0 Å². The zero-order valence-corrected chi connectivity index (χ0v) is 8.82. The Balaban J connectivity index is 1.99. The molecule has 2 rings (SSSR count). The van der Waals surface area contributed by atoms with Gasteiger partial charge in [-0.1, -0.05) is 29.8 Å². The van der Waals surface area contributed by atoms with E-state index in [0.29, 0.717) is 6.61 Å². The fourth-order valence-corrected chi connectivity index (χ4v) is 1.84. The topological polar surface area (TPSA) is 38.3 Å². The number of carbonyl (C=O) groups excluding carboxylic acids is 1. The molecule has 1 atom stereocenters. The standard InChI is InChI=1S/C12H15NO2/c1-9-3-2-4-10(5-9)6-11-7-15-8-12(14)13-11/h2-5,11H,6-8H2,1H3,(H,13,14). The van der Waals surface area contributed by atoms with Crippen molar-refractivity contribution in [2.24, 2.45) is 0 Å². The van der Waals surface area contributed by atoms with Gasteiger partial charge in [0.2, 0.25) is 5.91 Å². The van der Waals surface area contributed by atoms with Crippen molar-refractivity contribution in [3.63, 3.8) is 0 Å². The minimum absolute atomic E-state index is 0.0149. The Hall–Kier alpha value is -1.35. The lowest BCUT2D eigenvalue weighted by molar-refractivity contribution is -0.131. The maximum Gasteiger partial charge on any atom is 0.246 e. The van der Waals surface area contributed by atoms with Crippen LogP contribution in [0, 0.1) is 6.92 Å². The second-order valence-electron chi connectivity index (χ2n) is 3.97. The number of hydrogen-bond donors (Lipinski definition) is 1. The molecule has 15 heavy (non-hydrogen) atoms. The quantitative estimate of drug-likeness (QED) is 0.783. The number of rotatable bonds is 2. The average molecular weight is 205 g/mol. The third-order valence-corrected chi connectivity index (χ3v) is 2.48. The van der Waals surface area contributed by atoms with Crippen molar-refractivity contribution >= 4 is 5.91 Å². The van der Waals surface area contributed by atoms with Crippen LogP contribution in [0.1, 0.15) is 11.1 Å². The van der Waals surface area contributed by atoms with Gasteiger partial charge in [-0.2, -0.15) is 0 Å². The number of ether oxygens (including phenoxy) is 1. The number of benzene rings is 1. The highest BCUT2D eigenvalue weighted by Crippen LogP contribution is 2.08. The molecule has 0 aromatic heterocycles. The molecule has 1 fully saturated rings. The van der Waals surface area contributed by atoms with Gasteiger partial charge in [0, 0.05) is 0 Å². The highest BCUT2D eigenvalue weighted by atomic mass is 16.5. The summed E-state index contributed by atoms with van der Waals surface area (Å²) in [7, 11) is 0. The maximum absolute atomic E-state index is 11.1. The number of nitrogens with one attached hydrogen (secondary N) is 1. The smallest absolute Gasteiger partial charge is 0.246 e. The zero-order chi connectivity index (χ0) is 10.7. The summed E-state index contributed by atoms with van der Waals surface area (Å²) in [6.45, 7) is 2.88. The van der Waals surface area contributed by atoms with E-state index in [0.717, 1.165) is 6.42 Å². The highest BCUT2D eigenvalue weighted by molar-refractivity contribution is 5.78. The molecule has 3 nitrogen and oxygen atoms in total. The molecule has 1 aromatic carbocycles. The minimum Gasteiger partial charge on any atom is -0.369 e. The first-order chi connectivity index (χ1) is 7.24. The summed E-state index contributed by atoms with van der Waals surface area (Å²) < 4.78 is 5.18. The third-order valence-electron chi connectivity index (χ3n) is 2.48. The van der Waals surface area contributed by atoms with Crippen LogP contribution in [0.4, 0.5) is 0 Å². The van der Waals surface area contributed by atoms with E-state index >= 15 is 0 Å². The van der Waals surface area contributed by atoms with Crippen molar-refractivity contribution in [2.75, 3.05) is 13.2 Å². The Morgan fingerprint density at radius 1 is 1.53 bits per heavy atom. The van der Waals surface area contributed by atoms with E-state index in [2.05, 4.69) is 30.4 Å². The molecular weight excluding hydrogens is 190 g/mol. The second kappa shape index (κ2) is 4.45. The van der Waals surface area contributed by atoms with Crippen molar-refractivity contribution in [1.82, 2.24) is 5.32 Å². The highest BCUT2D eigenvalue weighted by Gasteiger charge is 2.18. The fourth-order valence-electron chi connectivity index (χ4n) is 1.84. The monoisotopic (exact) mass is 205 g/mol. The number of aryl methyl sites for hydroxylation is 1. The van der Waals surface area contributed by atoms with Gasteiger partial charge in [0.05, 0.1) is 12.6 Å². The Kier molecular flexibility index (Phi) is 3.02. The van der Waals surface area contributed by atoms with Gasteiger partial charge in [-0.15, -0.1) is 0 Å². The summed E-state index contributed by atoms with van der Waals surface area (Å²) in [5, 5.41) is 2.92. The van der Waals surface area contributed by atoms with Gasteiger partial charge in [-0.3, -0.25) is 4.79 Å². The molecule has 1 saturated heterocycles. The van der Waals surface area contributed by atoms with Crippen LogP contribution in [0.25, 0.3) is 0 Å². The number of morpholine rings is 1. The van der Waals surface area contributed by atoms with E-state index < -0.39 is 0 Å². The first kappa shape index (κ1) is 10.2. The van der Waals surface area contributed by atoms with Crippen LogP contribution in [0.15, 0.2) is 24.3 Å². The summed E-state index contributed by atoms with van der Waals surface area (Å²) in [5.41, 5.74) is 2.49. The molecule has 1 aliphatic rings. The van der Waals surface area contributed by atoms with E-state index in [1.807, 2.05) is 6.07 Å². The van der Waals surface area contributed by atoms with E-state index in [1.54, 1.807) is 0 Å². The van der Waals surface area contributed by atoms with Gasteiger partial charge in [-0.05, 0) is 18.9 Å². The van der Waals surface area contributed by atoms with Gasteiger partial charge in [0.1, 0.15) is 6.61 Å². The summed E-state index contributed by atoms with van der Waals surface area (Å²) in [5.74, 6) is -0.0149. The largest absolute Gasteiger partial charge is 0.369 e. The lowest BCUT2D eigenvalue weighted by atomic mass is 10.0. The second-order valence-corrected chi connectivity index (χ2v) is 3.97. The Morgan fingerprint density at radius 2 is 2.40 bits per heavy atom. The van der Waals surface area contributed by atoms with Crippen molar-refractivity contribution in [3.05, 3.63) is 35.4 Å². The predicted octanol–water partition coefficient (Wildman–Crippen LogP) is 1.05. The van der Waals surface area contributed by atoms with Gasteiger partial charge in [0.15, 0.2) is 0 Å². The first-order valence-corrected chi connectivity index (χ1v) is 5.17. The molecule has 0 radical (unpaired) electrons. The van der Waals surface area contributed by atoms with Crippen LogP contribution in [0.5, 0.6) is 0 Å². The molecule has 0 spiro atoms. The van der Waals surface area contributed by atoms with Crippen LogP contribution in [0.2, 0.25) is 0 Å². The molecule has 1 heterocycles. The number of hydrogen-bond acceptors (Lipinski definition) is 2. The maximum atomic E-state index is 11.1. The average Bonchev–Trinajstić information content (AvgIpc) is 2.17. The molecule has 1 unspecified atom stereocenters. The minimum atomic E-state index is -0.0149. The van der Waals surface area contributed by atoms with Crippen LogP contribution in [-0.2, 0) is 16.0 Å². The van der Waals surface area contributed by atoms with Crippen LogP contribution in [-0.4, -0.2) is 25.2 Å². The zero-order valence-electron chi connectivity index (χ0n) is 8.82. The lowest BCUT2D eigenvalue weighted by Gasteiger charge is -2.23. The van der Waals surface area contributed by atoms with Gasteiger partial charge in [0.25, 0.3) is 0 Å². The SMILES string of the molecule is Cc1cccc(CC2COCC(=O)N2)c1. The Morgan fingerprint density at radius 3 is 3.13 bits per heavy atom. The molecule has 3 heteroatoms. The summed E-state index contributed by atoms with van der Waals surface area (Å²) in [4.78, 5) is 11.1. The van der Waals surface area contributed by atoms with Crippen molar-refractivity contribution in [2.45, 2.75) is 19.4 Å². The fraction of sp³-hybridized carbons (Fsp3) is 0.417. The number of carbonyl (C=O) groups is 1. The molecule has 1 aliphatic heterocycles. The van der Waals surface area contributed by atoms with Crippen molar-refractivity contribution in [1.29, 1.82) is 0 Å². The van der Waals surface area contributed by atoms with Crippen LogP contribution in [0.3, 0.4) is 0 Å². The molecule has 1 amide bonds. The lowest BCUT2D eigenvalue weighted by Crippen LogP contribution is -2.46. The van der Waals surface area contributed by atoms with Gasteiger partial charge < -0.3 is 10.1 Å². The van der Waals surface area contributed by atoms with E-state index in [9.17, 15) is 4.79 Å². The van der Waals surface area contributed by atoms with Crippen molar-refractivity contribution < 1.29 is 9.53 Å². The summed E-state index contributed by atoms with van der Waals surface area (Å²) in [6.07, 6.45) is 0.841. The predicted molar refractivity (Wildman–Crippen MR) is 57.6 cm³/mol. The first-order valence-electron chi connectivity index (χ1n) is 5.17. The van der Waals surface area contributed by atoms with Crippen LogP contribution >= 0.6 is 0 Å².